The molecule has 0 saturated carbocycles. The molecule has 1 aliphatic carbocycles. The molecule has 0 amide bonds. The second kappa shape index (κ2) is 5.11. The lowest BCUT2D eigenvalue weighted by Gasteiger charge is -2.31. The highest BCUT2D eigenvalue weighted by atomic mass is 19.1. The van der Waals surface area contributed by atoms with Crippen molar-refractivity contribution in [2.75, 3.05) is 11.9 Å². The lowest BCUT2D eigenvalue weighted by atomic mass is 9.92. The van der Waals surface area contributed by atoms with Crippen LogP contribution in [0, 0.1) is 18.6 Å². The van der Waals surface area contributed by atoms with E-state index < -0.39 is 5.54 Å². The minimum atomic E-state index is -0.677. The molecule has 0 heterocycles. The van der Waals surface area contributed by atoms with Crippen molar-refractivity contribution in [1.29, 1.82) is 0 Å². The fourth-order valence-electron chi connectivity index (χ4n) is 3.14. The zero-order valence-electron chi connectivity index (χ0n) is 11.8. The van der Waals surface area contributed by atoms with Gasteiger partial charge in [-0.15, -0.1) is 0 Å². The number of rotatable bonds is 3. The molecule has 0 aliphatic heterocycles. The van der Waals surface area contributed by atoms with Crippen LogP contribution in [0.15, 0.2) is 36.4 Å². The monoisotopic (exact) mass is 289 g/mol. The summed E-state index contributed by atoms with van der Waals surface area (Å²) in [6.45, 7) is 1.69. The zero-order chi connectivity index (χ0) is 15.0. The van der Waals surface area contributed by atoms with Crippen molar-refractivity contribution >= 4 is 5.69 Å². The van der Waals surface area contributed by atoms with Crippen molar-refractivity contribution < 1.29 is 13.9 Å². The molecule has 1 unspecified atom stereocenters. The summed E-state index contributed by atoms with van der Waals surface area (Å²) in [5.41, 5.74) is 2.53. The first-order valence-corrected chi connectivity index (χ1v) is 6.97. The lowest BCUT2D eigenvalue weighted by molar-refractivity contribution is 0.211. The van der Waals surface area contributed by atoms with Gasteiger partial charge in [0.2, 0.25) is 0 Å². The van der Waals surface area contributed by atoms with Crippen LogP contribution >= 0.6 is 0 Å². The summed E-state index contributed by atoms with van der Waals surface area (Å²) in [6, 6.07) is 9.30. The van der Waals surface area contributed by atoms with E-state index in [1.165, 1.54) is 24.3 Å². The topological polar surface area (TPSA) is 32.3 Å². The SMILES string of the molecule is Cc1cc(F)cc(NC2(CO)CCc3cc(F)ccc32)c1. The van der Waals surface area contributed by atoms with Gasteiger partial charge in [-0.1, -0.05) is 6.07 Å². The Kier molecular flexibility index (Phi) is 3.41. The van der Waals surface area contributed by atoms with E-state index >= 15 is 0 Å². The highest BCUT2D eigenvalue weighted by Gasteiger charge is 2.38. The van der Waals surface area contributed by atoms with E-state index in [1.54, 1.807) is 6.07 Å². The minimum absolute atomic E-state index is 0.124. The molecule has 0 radical (unpaired) electrons. The van der Waals surface area contributed by atoms with E-state index in [0.29, 0.717) is 18.5 Å². The molecule has 0 spiro atoms. The molecule has 3 rings (SSSR count). The second-order valence-corrected chi connectivity index (χ2v) is 5.68. The Morgan fingerprint density at radius 3 is 2.67 bits per heavy atom. The van der Waals surface area contributed by atoms with E-state index in [-0.39, 0.29) is 18.2 Å². The standard InChI is InChI=1S/C17H17F2NO/c1-11-6-14(19)9-15(7-11)20-17(10-21)5-4-12-8-13(18)2-3-16(12)17/h2-3,6-9,20-21H,4-5,10H2,1H3. The van der Waals surface area contributed by atoms with Gasteiger partial charge in [0.15, 0.2) is 0 Å². The van der Waals surface area contributed by atoms with Crippen molar-refractivity contribution in [1.82, 2.24) is 0 Å². The maximum Gasteiger partial charge on any atom is 0.125 e. The largest absolute Gasteiger partial charge is 0.394 e. The summed E-state index contributed by atoms with van der Waals surface area (Å²) in [6.07, 6.45) is 1.34. The number of hydrogen-bond donors (Lipinski definition) is 2. The summed E-state index contributed by atoms with van der Waals surface area (Å²) in [5, 5.41) is 13.1. The fraction of sp³-hybridized carbons (Fsp3) is 0.294. The molecule has 0 bridgehead atoms. The van der Waals surface area contributed by atoms with E-state index in [2.05, 4.69) is 5.32 Å². The molecule has 0 aromatic heterocycles. The first-order chi connectivity index (χ1) is 10.0. The van der Waals surface area contributed by atoms with Crippen LogP contribution in [-0.2, 0) is 12.0 Å². The van der Waals surface area contributed by atoms with Gasteiger partial charge in [-0.2, -0.15) is 0 Å². The van der Waals surface area contributed by atoms with Gasteiger partial charge >= 0.3 is 0 Å². The highest BCUT2D eigenvalue weighted by molar-refractivity contribution is 5.53. The van der Waals surface area contributed by atoms with Gasteiger partial charge in [0.05, 0.1) is 12.1 Å². The molecular weight excluding hydrogens is 272 g/mol. The lowest BCUT2D eigenvalue weighted by Crippen LogP contribution is -2.37. The number of aliphatic hydroxyl groups excluding tert-OH is 1. The molecule has 2 nitrogen and oxygen atoms in total. The number of hydrogen-bond acceptors (Lipinski definition) is 2. The molecule has 21 heavy (non-hydrogen) atoms. The van der Waals surface area contributed by atoms with Gasteiger partial charge in [0, 0.05) is 5.69 Å². The van der Waals surface area contributed by atoms with Crippen molar-refractivity contribution in [2.24, 2.45) is 0 Å². The fourth-order valence-corrected chi connectivity index (χ4v) is 3.14. The number of aryl methyl sites for hydroxylation is 2. The Hall–Kier alpha value is -1.94. The number of aliphatic hydroxyl groups is 1. The number of nitrogens with one attached hydrogen (secondary N) is 1. The molecule has 2 aromatic carbocycles. The van der Waals surface area contributed by atoms with E-state index in [4.69, 9.17) is 0 Å². The van der Waals surface area contributed by atoms with Crippen LogP contribution in [-0.4, -0.2) is 11.7 Å². The third-order valence-corrected chi connectivity index (χ3v) is 4.10. The summed E-state index contributed by atoms with van der Waals surface area (Å²) in [7, 11) is 0. The average Bonchev–Trinajstić information content (AvgIpc) is 2.76. The number of halogens is 2. The number of fused-ring (bicyclic) bond motifs is 1. The maximum atomic E-state index is 13.5. The number of benzene rings is 2. The highest BCUT2D eigenvalue weighted by Crippen LogP contribution is 2.39. The summed E-state index contributed by atoms with van der Waals surface area (Å²) in [4.78, 5) is 0. The molecule has 1 atom stereocenters. The third kappa shape index (κ3) is 2.51. The van der Waals surface area contributed by atoms with Crippen molar-refractivity contribution in [3.63, 3.8) is 0 Å². The Labute approximate surface area is 122 Å². The predicted molar refractivity (Wildman–Crippen MR) is 78.2 cm³/mol. The summed E-state index contributed by atoms with van der Waals surface area (Å²) < 4.78 is 26.8. The van der Waals surface area contributed by atoms with Crippen LogP contribution in [0.4, 0.5) is 14.5 Å². The Balaban J connectivity index is 2.00. The zero-order valence-corrected chi connectivity index (χ0v) is 11.8. The van der Waals surface area contributed by atoms with Crippen LogP contribution in [0.3, 0.4) is 0 Å². The summed E-state index contributed by atoms with van der Waals surface area (Å²) >= 11 is 0. The maximum absolute atomic E-state index is 13.5. The van der Waals surface area contributed by atoms with Crippen molar-refractivity contribution in [3.05, 3.63) is 64.7 Å². The predicted octanol–water partition coefficient (Wildman–Crippen LogP) is 3.52. The van der Waals surface area contributed by atoms with Crippen LogP contribution in [0.25, 0.3) is 0 Å². The third-order valence-electron chi connectivity index (χ3n) is 4.10. The molecular formula is C17H17F2NO. The average molecular weight is 289 g/mol. The van der Waals surface area contributed by atoms with E-state index in [0.717, 1.165) is 16.7 Å². The van der Waals surface area contributed by atoms with Crippen LogP contribution in [0.1, 0.15) is 23.1 Å². The van der Waals surface area contributed by atoms with Crippen LogP contribution < -0.4 is 5.32 Å². The van der Waals surface area contributed by atoms with E-state index in [1.807, 2.05) is 13.0 Å². The molecule has 110 valence electrons. The first kappa shape index (κ1) is 14.0. The van der Waals surface area contributed by atoms with Gasteiger partial charge in [0.1, 0.15) is 11.6 Å². The Bertz CT molecular complexity index is 666. The quantitative estimate of drug-likeness (QED) is 0.906. The van der Waals surface area contributed by atoms with Gasteiger partial charge in [-0.05, 0) is 66.8 Å². The first-order valence-electron chi connectivity index (χ1n) is 6.97. The molecule has 2 aromatic rings. The number of anilines is 1. The van der Waals surface area contributed by atoms with Gasteiger partial charge in [-0.25, -0.2) is 8.78 Å². The second-order valence-electron chi connectivity index (χ2n) is 5.68. The van der Waals surface area contributed by atoms with Gasteiger partial charge in [-0.3, -0.25) is 0 Å². The molecule has 2 N–H and O–H groups in total. The normalized spacial score (nSPS) is 20.4. The van der Waals surface area contributed by atoms with Crippen molar-refractivity contribution in [3.8, 4) is 0 Å². The van der Waals surface area contributed by atoms with Gasteiger partial charge in [0.25, 0.3) is 0 Å². The van der Waals surface area contributed by atoms with Crippen molar-refractivity contribution in [2.45, 2.75) is 25.3 Å². The minimum Gasteiger partial charge on any atom is -0.394 e. The van der Waals surface area contributed by atoms with Crippen LogP contribution in [0.5, 0.6) is 0 Å². The summed E-state index contributed by atoms with van der Waals surface area (Å²) in [5.74, 6) is -0.591. The molecule has 0 saturated heterocycles. The van der Waals surface area contributed by atoms with Gasteiger partial charge < -0.3 is 10.4 Å². The van der Waals surface area contributed by atoms with E-state index in [9.17, 15) is 13.9 Å². The molecule has 1 aliphatic rings. The molecule has 4 heteroatoms. The smallest absolute Gasteiger partial charge is 0.125 e. The Morgan fingerprint density at radius 2 is 1.95 bits per heavy atom. The Morgan fingerprint density at radius 1 is 1.14 bits per heavy atom. The van der Waals surface area contributed by atoms with Crippen LogP contribution in [0.2, 0.25) is 0 Å². The molecule has 0 fully saturated rings.